The normalized spacial score (nSPS) is 10.7. The Morgan fingerprint density at radius 1 is 0.386 bits per heavy atom. The summed E-state index contributed by atoms with van der Waals surface area (Å²) in [6.07, 6.45) is 0. The summed E-state index contributed by atoms with van der Waals surface area (Å²) in [6.45, 7) is 21.8. The summed E-state index contributed by atoms with van der Waals surface area (Å²) < 4.78 is 0. The van der Waals surface area contributed by atoms with Gasteiger partial charge >= 0.3 is 0 Å². The van der Waals surface area contributed by atoms with Gasteiger partial charge in [0.05, 0.1) is 22.7 Å². The lowest BCUT2D eigenvalue weighted by Gasteiger charge is -2.16. The second-order valence-corrected chi connectivity index (χ2v) is 12.5. The van der Waals surface area contributed by atoms with Crippen LogP contribution in [0, 0.1) is 13.8 Å². The molecule has 0 bridgehead atoms. The van der Waals surface area contributed by atoms with Crippen molar-refractivity contribution in [3.8, 4) is 0 Å². The molecule has 0 radical (unpaired) electrons. The first-order chi connectivity index (χ1) is 21.0. The second kappa shape index (κ2) is 16.5. The van der Waals surface area contributed by atoms with E-state index in [1.807, 2.05) is 62.4 Å². The highest BCUT2D eigenvalue weighted by molar-refractivity contribution is 5.67. The van der Waals surface area contributed by atoms with Crippen LogP contribution >= 0.6 is 0 Å². The molecule has 4 heteroatoms. The van der Waals surface area contributed by atoms with E-state index in [9.17, 15) is 0 Å². The van der Waals surface area contributed by atoms with Gasteiger partial charge in [0, 0.05) is 0 Å². The number of para-hydroxylation sites is 2. The number of hydrogen-bond donors (Lipinski definition) is 0. The Hall–Kier alpha value is -4.36. The van der Waals surface area contributed by atoms with Gasteiger partial charge in [-0.2, -0.15) is 20.0 Å². The molecule has 4 nitrogen and oxygen atoms in total. The van der Waals surface area contributed by atoms with E-state index in [4.69, 9.17) is 9.98 Å². The third kappa shape index (κ3) is 9.85. The van der Waals surface area contributed by atoms with Gasteiger partial charge in [-0.3, -0.25) is 0 Å². The van der Waals surface area contributed by atoms with Gasteiger partial charge in [0.15, 0.2) is 0 Å². The quantitative estimate of drug-likeness (QED) is 0.185. The fourth-order valence-electron chi connectivity index (χ4n) is 4.79. The Morgan fingerprint density at radius 3 is 0.932 bits per heavy atom. The third-order valence-electron chi connectivity index (χ3n) is 7.43. The average molecular weight is 585 g/mol. The van der Waals surface area contributed by atoms with Crippen LogP contribution in [0.4, 0.5) is 22.7 Å². The molecule has 44 heavy (non-hydrogen) atoms. The minimum atomic E-state index is 0.415. The van der Waals surface area contributed by atoms with E-state index in [1.54, 1.807) is 0 Å². The summed E-state index contributed by atoms with van der Waals surface area (Å²) in [5.41, 5.74) is 11.3. The topological polar surface area (TPSA) is 49.4 Å². The highest BCUT2D eigenvalue weighted by atomic mass is 14.8. The first kappa shape index (κ1) is 34.1. The van der Waals surface area contributed by atoms with Crippen LogP contribution in [0.1, 0.15) is 112 Å². The summed E-state index contributed by atoms with van der Waals surface area (Å²) in [6, 6.07) is 34.6. The van der Waals surface area contributed by atoms with Crippen LogP contribution in [0.2, 0.25) is 0 Å². The van der Waals surface area contributed by atoms with Gasteiger partial charge in [-0.15, -0.1) is 0 Å². The predicted octanol–water partition coefficient (Wildman–Crippen LogP) is 12.8. The van der Waals surface area contributed by atoms with Crippen molar-refractivity contribution in [2.24, 2.45) is 20.0 Å². The van der Waals surface area contributed by atoms with Gasteiger partial charge in [-0.1, -0.05) is 127 Å². The molecular weight excluding hydrogens is 536 g/mol. The first-order valence-electron chi connectivity index (χ1n) is 15.7. The Labute approximate surface area is 265 Å². The lowest BCUT2D eigenvalue weighted by atomic mass is 9.93. The van der Waals surface area contributed by atoms with E-state index in [2.05, 4.69) is 114 Å². The van der Waals surface area contributed by atoms with Crippen LogP contribution in [0.3, 0.4) is 0 Å². The minimum Gasteiger partial charge on any atom is -0.188 e. The SMILES string of the molecule is CC(C)c1cccc(C(C)C)c1N=C=Nc1c(C(C)C)cccc1C(C)C.Cc1ccc(N=C=Nc2ccc(C)cc2)cc1. The maximum absolute atomic E-state index is 4.73. The highest BCUT2D eigenvalue weighted by Gasteiger charge is 2.14. The zero-order valence-corrected chi connectivity index (χ0v) is 28.2. The van der Waals surface area contributed by atoms with Crippen LogP contribution in [0.25, 0.3) is 0 Å². The standard InChI is InChI=1S/C25H34N2.C15H14N2/c1-16(2)20-11-9-12-21(17(3)4)24(20)26-15-27-25-22(18(5)6)13-10-14-23(25)19(7)8;1-12-3-7-14(8-4-12)16-11-17-15-9-5-13(2)6-10-15/h9-14,16-19H,1-8H3;3-10H,1-2H3. The van der Waals surface area contributed by atoms with E-state index in [1.165, 1.54) is 33.4 Å². The molecule has 0 fully saturated rings. The smallest absolute Gasteiger partial charge is 0.101 e. The van der Waals surface area contributed by atoms with Gasteiger partial charge in [0.2, 0.25) is 0 Å². The molecule has 228 valence electrons. The number of aliphatic imine (C=N–C) groups is 4. The van der Waals surface area contributed by atoms with Crippen molar-refractivity contribution < 1.29 is 0 Å². The summed E-state index contributed by atoms with van der Waals surface area (Å²) in [5, 5.41) is 0. The summed E-state index contributed by atoms with van der Waals surface area (Å²) in [5.74, 6) is 1.66. The number of rotatable bonds is 8. The Kier molecular flexibility index (Phi) is 12.8. The van der Waals surface area contributed by atoms with Crippen molar-refractivity contribution in [3.05, 3.63) is 118 Å². The fourth-order valence-corrected chi connectivity index (χ4v) is 4.79. The number of benzene rings is 4. The van der Waals surface area contributed by atoms with Crippen LogP contribution in [0.15, 0.2) is 105 Å². The largest absolute Gasteiger partial charge is 0.188 e. The molecule has 0 atom stereocenters. The molecule has 0 aliphatic rings. The van der Waals surface area contributed by atoms with Gasteiger partial charge in [0.25, 0.3) is 0 Å². The molecule has 4 aromatic carbocycles. The van der Waals surface area contributed by atoms with Gasteiger partial charge < -0.3 is 0 Å². The van der Waals surface area contributed by atoms with Gasteiger partial charge in [-0.05, 0) is 84.0 Å². The molecule has 0 N–H and O–H groups in total. The minimum absolute atomic E-state index is 0.415. The Bertz CT molecular complexity index is 1460. The van der Waals surface area contributed by atoms with E-state index < -0.39 is 0 Å². The first-order valence-corrected chi connectivity index (χ1v) is 15.7. The summed E-state index contributed by atoms with van der Waals surface area (Å²) in [7, 11) is 0. The molecule has 0 saturated heterocycles. The summed E-state index contributed by atoms with van der Waals surface area (Å²) in [4.78, 5) is 17.8. The zero-order valence-electron chi connectivity index (χ0n) is 28.2. The van der Waals surface area contributed by atoms with Crippen molar-refractivity contribution >= 4 is 34.8 Å². The van der Waals surface area contributed by atoms with Crippen LogP contribution in [-0.2, 0) is 0 Å². The molecule has 0 aliphatic carbocycles. The molecule has 0 unspecified atom stereocenters. The highest BCUT2D eigenvalue weighted by Crippen LogP contribution is 2.36. The van der Waals surface area contributed by atoms with Crippen molar-refractivity contribution in [2.45, 2.75) is 92.9 Å². The van der Waals surface area contributed by atoms with Crippen LogP contribution in [0.5, 0.6) is 0 Å². The number of nitrogens with zero attached hydrogens (tertiary/aromatic N) is 4. The number of aryl methyl sites for hydroxylation is 2. The molecular formula is C40H48N4. The van der Waals surface area contributed by atoms with Crippen LogP contribution in [-0.4, -0.2) is 12.0 Å². The maximum atomic E-state index is 4.73. The molecule has 4 rings (SSSR count). The van der Waals surface area contributed by atoms with E-state index in [-0.39, 0.29) is 0 Å². The molecule has 0 spiro atoms. The summed E-state index contributed by atoms with van der Waals surface area (Å²) >= 11 is 0. The second-order valence-electron chi connectivity index (χ2n) is 12.5. The monoisotopic (exact) mass is 584 g/mol. The number of hydrogen-bond acceptors (Lipinski definition) is 4. The van der Waals surface area contributed by atoms with Gasteiger partial charge in [0.1, 0.15) is 12.0 Å². The van der Waals surface area contributed by atoms with Gasteiger partial charge in [-0.25, -0.2) is 0 Å². The molecule has 0 amide bonds. The molecule has 0 saturated carbocycles. The van der Waals surface area contributed by atoms with Crippen molar-refractivity contribution in [3.63, 3.8) is 0 Å². The Morgan fingerprint density at radius 2 is 0.659 bits per heavy atom. The van der Waals surface area contributed by atoms with Crippen molar-refractivity contribution in [2.75, 3.05) is 0 Å². The Balaban J connectivity index is 0.000000266. The van der Waals surface area contributed by atoms with Crippen molar-refractivity contribution in [1.29, 1.82) is 0 Å². The van der Waals surface area contributed by atoms with Crippen molar-refractivity contribution in [1.82, 2.24) is 0 Å². The third-order valence-corrected chi connectivity index (χ3v) is 7.43. The molecule has 0 heterocycles. The van der Waals surface area contributed by atoms with E-state index in [0.29, 0.717) is 23.7 Å². The zero-order chi connectivity index (χ0) is 32.2. The molecule has 0 aliphatic heterocycles. The molecule has 4 aromatic rings. The lowest BCUT2D eigenvalue weighted by molar-refractivity contribution is 0.833. The van der Waals surface area contributed by atoms with E-state index in [0.717, 1.165) is 22.7 Å². The predicted molar refractivity (Wildman–Crippen MR) is 190 cm³/mol. The van der Waals surface area contributed by atoms with E-state index >= 15 is 0 Å². The maximum Gasteiger partial charge on any atom is 0.101 e. The fraction of sp³-hybridized carbons (Fsp3) is 0.350. The van der Waals surface area contributed by atoms with Crippen LogP contribution < -0.4 is 0 Å². The molecule has 0 aromatic heterocycles. The lowest BCUT2D eigenvalue weighted by Crippen LogP contribution is -1.95. The average Bonchev–Trinajstić information content (AvgIpc) is 2.99.